The van der Waals surface area contributed by atoms with Gasteiger partial charge in [-0.15, -0.1) is 0 Å². The van der Waals surface area contributed by atoms with Crippen molar-refractivity contribution < 1.29 is 18.3 Å². The molecule has 0 fully saturated rings. The van der Waals surface area contributed by atoms with Gasteiger partial charge in [0, 0.05) is 18.1 Å². The molecule has 0 saturated carbocycles. The van der Waals surface area contributed by atoms with Crippen molar-refractivity contribution in [1.82, 2.24) is 0 Å². The Morgan fingerprint density at radius 3 is 2.40 bits per heavy atom. The zero-order valence-corrected chi connectivity index (χ0v) is 11.8. The van der Waals surface area contributed by atoms with Crippen molar-refractivity contribution in [1.29, 1.82) is 0 Å². The molecule has 2 aromatic rings. The predicted octanol–water partition coefficient (Wildman–Crippen LogP) is 3.05. The van der Waals surface area contributed by atoms with Gasteiger partial charge in [0.25, 0.3) is 0 Å². The van der Waals surface area contributed by atoms with Crippen LogP contribution in [0.15, 0.2) is 28.7 Å². The molecular weight excluding hydrogens is 261 g/mol. The van der Waals surface area contributed by atoms with Gasteiger partial charge < -0.3 is 19.6 Å². The van der Waals surface area contributed by atoms with Gasteiger partial charge in [0.05, 0.1) is 20.3 Å². The fourth-order valence-corrected chi connectivity index (χ4v) is 2.01. The van der Waals surface area contributed by atoms with E-state index in [2.05, 4.69) is 0 Å². The lowest BCUT2D eigenvalue weighted by molar-refractivity contribution is 0.350. The smallest absolute Gasteiger partial charge is 0.163 e. The molecule has 1 aromatic heterocycles. The summed E-state index contributed by atoms with van der Waals surface area (Å²) in [5, 5.41) is 0. The topological polar surface area (TPSA) is 57.6 Å². The second-order valence-corrected chi connectivity index (χ2v) is 4.36. The van der Waals surface area contributed by atoms with Gasteiger partial charge in [-0.2, -0.15) is 0 Å². The first kappa shape index (κ1) is 14.4. The minimum Gasteiger partial charge on any atom is -0.493 e. The number of furan rings is 1. The molecule has 2 N–H and O–H groups in total. The lowest BCUT2D eigenvalue weighted by atomic mass is 10.0. The number of ether oxygens (including phenoxy) is 2. The second-order valence-electron chi connectivity index (χ2n) is 4.36. The van der Waals surface area contributed by atoms with Crippen LogP contribution in [0.1, 0.15) is 30.0 Å². The summed E-state index contributed by atoms with van der Waals surface area (Å²) in [7, 11) is 2.95. The van der Waals surface area contributed by atoms with Crippen LogP contribution in [-0.2, 0) is 6.42 Å². The summed E-state index contributed by atoms with van der Waals surface area (Å²) < 4.78 is 29.9. The fraction of sp³-hybridized carbons (Fsp3) is 0.333. The Labute approximate surface area is 117 Å². The molecular formula is C15H18FNO3. The number of methoxy groups -OCH3 is 2. The van der Waals surface area contributed by atoms with Crippen molar-refractivity contribution in [2.24, 2.45) is 5.73 Å². The van der Waals surface area contributed by atoms with Crippen LogP contribution < -0.4 is 15.2 Å². The quantitative estimate of drug-likeness (QED) is 0.914. The lowest BCUT2D eigenvalue weighted by Gasteiger charge is -2.14. The number of halogens is 1. The summed E-state index contributed by atoms with van der Waals surface area (Å²) in [6.45, 7) is 1.98. The molecule has 0 bridgehead atoms. The maximum Gasteiger partial charge on any atom is 0.163 e. The van der Waals surface area contributed by atoms with Gasteiger partial charge in [0.2, 0.25) is 0 Å². The molecule has 1 atom stereocenters. The van der Waals surface area contributed by atoms with Gasteiger partial charge in [-0.1, -0.05) is 6.92 Å². The third kappa shape index (κ3) is 2.63. The summed E-state index contributed by atoms with van der Waals surface area (Å²) in [5.41, 5.74) is 6.38. The molecule has 1 heterocycles. The maximum atomic E-state index is 14.1. The number of rotatable bonds is 5. The molecule has 0 aliphatic carbocycles. The average Bonchev–Trinajstić information content (AvgIpc) is 2.95. The molecule has 4 nitrogen and oxygen atoms in total. The minimum atomic E-state index is -0.685. The van der Waals surface area contributed by atoms with Gasteiger partial charge in [0.15, 0.2) is 11.5 Å². The van der Waals surface area contributed by atoms with Gasteiger partial charge >= 0.3 is 0 Å². The summed E-state index contributed by atoms with van der Waals surface area (Å²) in [6, 6.07) is 5.72. The van der Waals surface area contributed by atoms with Crippen LogP contribution in [0.4, 0.5) is 4.39 Å². The van der Waals surface area contributed by atoms with Crippen LogP contribution in [0, 0.1) is 5.82 Å². The Balaban J connectivity index is 2.40. The summed E-state index contributed by atoms with van der Waals surface area (Å²) >= 11 is 0. The lowest BCUT2D eigenvalue weighted by Crippen LogP contribution is -2.13. The highest BCUT2D eigenvalue weighted by atomic mass is 19.1. The zero-order chi connectivity index (χ0) is 14.7. The van der Waals surface area contributed by atoms with Crippen molar-refractivity contribution in [3.63, 3.8) is 0 Å². The fourth-order valence-electron chi connectivity index (χ4n) is 2.01. The van der Waals surface area contributed by atoms with E-state index in [0.29, 0.717) is 22.8 Å². The molecule has 20 heavy (non-hydrogen) atoms. The Hall–Kier alpha value is -2.01. The molecule has 0 aliphatic heterocycles. The van der Waals surface area contributed by atoms with Crippen molar-refractivity contribution in [3.8, 4) is 11.5 Å². The molecule has 1 unspecified atom stereocenters. The van der Waals surface area contributed by atoms with E-state index < -0.39 is 11.9 Å². The highest BCUT2D eigenvalue weighted by Crippen LogP contribution is 2.34. The second kappa shape index (κ2) is 5.96. The highest BCUT2D eigenvalue weighted by molar-refractivity contribution is 5.46. The SMILES string of the molecule is CCc1ccc(C(N)c2cc(OC)c(OC)cc2F)o1. The normalized spacial score (nSPS) is 12.2. The van der Waals surface area contributed by atoms with E-state index in [1.807, 2.05) is 13.0 Å². The van der Waals surface area contributed by atoms with Crippen LogP contribution >= 0.6 is 0 Å². The van der Waals surface area contributed by atoms with Crippen molar-refractivity contribution in [3.05, 3.63) is 47.2 Å². The van der Waals surface area contributed by atoms with E-state index in [4.69, 9.17) is 19.6 Å². The van der Waals surface area contributed by atoms with E-state index >= 15 is 0 Å². The van der Waals surface area contributed by atoms with Gasteiger partial charge in [-0.05, 0) is 18.2 Å². The Morgan fingerprint density at radius 1 is 1.20 bits per heavy atom. The van der Waals surface area contributed by atoms with Crippen LogP contribution in [0.5, 0.6) is 11.5 Å². The molecule has 5 heteroatoms. The van der Waals surface area contributed by atoms with Crippen LogP contribution in [0.3, 0.4) is 0 Å². The van der Waals surface area contributed by atoms with Gasteiger partial charge in [-0.3, -0.25) is 0 Å². The first-order valence-corrected chi connectivity index (χ1v) is 6.36. The van der Waals surface area contributed by atoms with E-state index in [1.54, 1.807) is 6.07 Å². The molecule has 0 radical (unpaired) electrons. The Morgan fingerprint density at radius 2 is 1.85 bits per heavy atom. The van der Waals surface area contributed by atoms with Gasteiger partial charge in [0.1, 0.15) is 17.3 Å². The number of aryl methyl sites for hydroxylation is 1. The molecule has 0 saturated heterocycles. The standard InChI is InChI=1S/C15H18FNO3/c1-4-9-5-6-12(20-9)15(17)10-7-13(18-2)14(19-3)8-11(10)16/h5-8,15H,4,17H2,1-3H3. The molecule has 2 rings (SSSR count). The first-order chi connectivity index (χ1) is 9.60. The average molecular weight is 279 g/mol. The van der Waals surface area contributed by atoms with Crippen molar-refractivity contribution in [2.75, 3.05) is 14.2 Å². The van der Waals surface area contributed by atoms with E-state index in [1.165, 1.54) is 26.4 Å². The van der Waals surface area contributed by atoms with Crippen molar-refractivity contribution >= 4 is 0 Å². The van der Waals surface area contributed by atoms with Crippen LogP contribution in [-0.4, -0.2) is 14.2 Å². The molecule has 0 spiro atoms. The highest BCUT2D eigenvalue weighted by Gasteiger charge is 2.20. The van der Waals surface area contributed by atoms with Crippen molar-refractivity contribution in [2.45, 2.75) is 19.4 Å². The molecule has 1 aromatic carbocycles. The largest absolute Gasteiger partial charge is 0.493 e. The monoisotopic (exact) mass is 279 g/mol. The van der Waals surface area contributed by atoms with E-state index in [-0.39, 0.29) is 0 Å². The number of nitrogens with two attached hydrogens (primary N) is 1. The number of hydrogen-bond donors (Lipinski definition) is 1. The van der Waals surface area contributed by atoms with Gasteiger partial charge in [-0.25, -0.2) is 4.39 Å². The van der Waals surface area contributed by atoms with Crippen LogP contribution in [0.2, 0.25) is 0 Å². The number of hydrogen-bond acceptors (Lipinski definition) is 4. The predicted molar refractivity (Wildman–Crippen MR) is 73.6 cm³/mol. The summed E-state index contributed by atoms with van der Waals surface area (Å²) in [5.74, 6) is 1.64. The van der Waals surface area contributed by atoms with E-state index in [0.717, 1.165) is 12.2 Å². The number of benzene rings is 1. The van der Waals surface area contributed by atoms with E-state index in [9.17, 15) is 4.39 Å². The summed E-state index contributed by atoms with van der Waals surface area (Å²) in [4.78, 5) is 0. The Bertz CT molecular complexity index is 595. The molecule has 108 valence electrons. The maximum absolute atomic E-state index is 14.1. The molecule has 0 amide bonds. The first-order valence-electron chi connectivity index (χ1n) is 6.36. The third-order valence-electron chi connectivity index (χ3n) is 3.18. The van der Waals surface area contributed by atoms with Crippen LogP contribution in [0.25, 0.3) is 0 Å². The minimum absolute atomic E-state index is 0.305. The Kier molecular flexibility index (Phi) is 4.29. The summed E-state index contributed by atoms with van der Waals surface area (Å²) in [6.07, 6.45) is 0.765. The zero-order valence-electron chi connectivity index (χ0n) is 11.8. The third-order valence-corrected chi connectivity index (χ3v) is 3.18. The molecule has 0 aliphatic rings.